The van der Waals surface area contributed by atoms with E-state index in [1.165, 1.54) is 0 Å². The maximum atomic E-state index is 12.9. The third-order valence-electron chi connectivity index (χ3n) is 4.41. The largest absolute Gasteiger partial charge is 0.491 e. The van der Waals surface area contributed by atoms with Crippen LogP contribution in [0.25, 0.3) is 0 Å². The standard InChI is InChI=1S/C19H18Cl2N2O3/c1-12-5-3-4-6-16(12)26-10-9-23-17(24)19(2,22-18(23)25)14-8-7-13(20)11-15(14)21/h3-8,11H,9-10H2,1-2H3,(H,22,25)/t19-/m1/s1. The number of nitrogens with zero attached hydrogens (tertiary/aromatic N) is 1. The van der Waals surface area contributed by atoms with Crippen LogP contribution in [0, 0.1) is 6.92 Å². The second-order valence-corrected chi connectivity index (χ2v) is 7.09. The zero-order chi connectivity index (χ0) is 18.9. The number of carbonyl (C=O) groups excluding carboxylic acids is 2. The van der Waals surface area contributed by atoms with Crippen LogP contribution < -0.4 is 10.1 Å². The minimum atomic E-state index is -1.23. The molecule has 0 unspecified atom stereocenters. The molecule has 1 atom stereocenters. The number of carbonyl (C=O) groups is 2. The lowest BCUT2D eigenvalue weighted by Gasteiger charge is -2.23. The van der Waals surface area contributed by atoms with Gasteiger partial charge in [-0.05, 0) is 37.6 Å². The Morgan fingerprint density at radius 3 is 2.58 bits per heavy atom. The molecule has 2 aromatic rings. The maximum Gasteiger partial charge on any atom is 0.325 e. The normalized spacial score (nSPS) is 19.6. The number of amides is 3. The Labute approximate surface area is 161 Å². The zero-order valence-corrected chi connectivity index (χ0v) is 15.9. The molecule has 0 saturated carbocycles. The third kappa shape index (κ3) is 3.37. The van der Waals surface area contributed by atoms with Crippen LogP contribution in [-0.4, -0.2) is 30.0 Å². The van der Waals surface area contributed by atoms with E-state index in [2.05, 4.69) is 5.32 Å². The Bertz CT molecular complexity index is 872. The predicted octanol–water partition coefficient (Wildman–Crippen LogP) is 4.15. The molecule has 1 heterocycles. The number of ether oxygens (including phenoxy) is 1. The van der Waals surface area contributed by atoms with Crippen molar-refractivity contribution in [1.82, 2.24) is 10.2 Å². The smallest absolute Gasteiger partial charge is 0.325 e. The van der Waals surface area contributed by atoms with Gasteiger partial charge in [-0.1, -0.05) is 47.5 Å². The lowest BCUT2D eigenvalue weighted by molar-refractivity contribution is -0.131. The highest BCUT2D eigenvalue weighted by Gasteiger charge is 2.49. The molecule has 7 heteroatoms. The predicted molar refractivity (Wildman–Crippen MR) is 101 cm³/mol. The van der Waals surface area contributed by atoms with Gasteiger partial charge < -0.3 is 10.1 Å². The highest BCUT2D eigenvalue weighted by Crippen LogP contribution is 2.34. The average molecular weight is 393 g/mol. The Kier molecular flexibility index (Phi) is 5.12. The van der Waals surface area contributed by atoms with Gasteiger partial charge in [0.25, 0.3) is 5.91 Å². The molecule has 0 radical (unpaired) electrons. The first kappa shape index (κ1) is 18.5. The number of benzene rings is 2. The summed E-state index contributed by atoms with van der Waals surface area (Å²) in [5.41, 5.74) is 0.258. The zero-order valence-electron chi connectivity index (χ0n) is 14.4. The first-order chi connectivity index (χ1) is 12.3. The van der Waals surface area contributed by atoms with Gasteiger partial charge in [0.15, 0.2) is 0 Å². The summed E-state index contributed by atoms with van der Waals surface area (Å²) in [7, 11) is 0. The summed E-state index contributed by atoms with van der Waals surface area (Å²) in [5.74, 6) is 0.350. The summed E-state index contributed by atoms with van der Waals surface area (Å²) in [5, 5.41) is 3.51. The molecular weight excluding hydrogens is 375 g/mol. The summed E-state index contributed by atoms with van der Waals surface area (Å²) >= 11 is 12.1. The van der Waals surface area contributed by atoms with Gasteiger partial charge in [-0.15, -0.1) is 0 Å². The first-order valence-electron chi connectivity index (χ1n) is 8.11. The van der Waals surface area contributed by atoms with E-state index in [1.54, 1.807) is 25.1 Å². The number of rotatable bonds is 5. The van der Waals surface area contributed by atoms with Crippen LogP contribution in [0.3, 0.4) is 0 Å². The fourth-order valence-electron chi connectivity index (χ4n) is 2.94. The molecule has 0 aromatic heterocycles. The number of para-hydroxylation sites is 1. The quantitative estimate of drug-likeness (QED) is 0.777. The minimum Gasteiger partial charge on any atom is -0.491 e. The number of hydrogen-bond acceptors (Lipinski definition) is 3. The molecular formula is C19H18Cl2N2O3. The van der Waals surface area contributed by atoms with Crippen molar-refractivity contribution in [3.63, 3.8) is 0 Å². The Morgan fingerprint density at radius 2 is 1.88 bits per heavy atom. The van der Waals surface area contributed by atoms with Crippen molar-refractivity contribution >= 4 is 35.1 Å². The molecule has 0 bridgehead atoms. The number of urea groups is 1. The van der Waals surface area contributed by atoms with E-state index in [9.17, 15) is 9.59 Å². The van der Waals surface area contributed by atoms with Gasteiger partial charge in [0.1, 0.15) is 17.9 Å². The molecule has 3 amide bonds. The first-order valence-corrected chi connectivity index (χ1v) is 8.86. The van der Waals surface area contributed by atoms with E-state index in [1.807, 2.05) is 31.2 Å². The van der Waals surface area contributed by atoms with Crippen molar-refractivity contribution in [2.75, 3.05) is 13.2 Å². The van der Waals surface area contributed by atoms with Crippen LogP contribution in [0.2, 0.25) is 10.0 Å². The molecule has 1 saturated heterocycles. The number of halogens is 2. The summed E-state index contributed by atoms with van der Waals surface area (Å²) < 4.78 is 5.69. The molecule has 3 rings (SSSR count). The third-order valence-corrected chi connectivity index (χ3v) is 4.96. The lowest BCUT2D eigenvalue weighted by atomic mass is 9.92. The van der Waals surface area contributed by atoms with Gasteiger partial charge in [0.05, 0.1) is 6.54 Å². The van der Waals surface area contributed by atoms with Crippen molar-refractivity contribution in [3.8, 4) is 5.75 Å². The van der Waals surface area contributed by atoms with E-state index in [0.29, 0.717) is 15.6 Å². The fraction of sp³-hybridized carbons (Fsp3) is 0.263. The molecule has 5 nitrogen and oxygen atoms in total. The van der Waals surface area contributed by atoms with Crippen LogP contribution in [0.1, 0.15) is 18.1 Å². The van der Waals surface area contributed by atoms with Gasteiger partial charge in [-0.25, -0.2) is 4.79 Å². The molecule has 26 heavy (non-hydrogen) atoms. The average Bonchev–Trinajstić information content (AvgIpc) is 2.80. The Hall–Kier alpha value is -2.24. The number of nitrogens with one attached hydrogen (secondary N) is 1. The maximum absolute atomic E-state index is 12.9. The van der Waals surface area contributed by atoms with Crippen LogP contribution in [0.15, 0.2) is 42.5 Å². The van der Waals surface area contributed by atoms with Crippen molar-refractivity contribution in [1.29, 1.82) is 0 Å². The van der Waals surface area contributed by atoms with Gasteiger partial charge in [0.2, 0.25) is 0 Å². The van der Waals surface area contributed by atoms with E-state index < -0.39 is 11.6 Å². The molecule has 0 spiro atoms. The lowest BCUT2D eigenvalue weighted by Crippen LogP contribution is -2.41. The van der Waals surface area contributed by atoms with E-state index in [0.717, 1.165) is 16.2 Å². The molecule has 1 aliphatic rings. The van der Waals surface area contributed by atoms with E-state index in [-0.39, 0.29) is 19.1 Å². The SMILES string of the molecule is Cc1ccccc1OCCN1C(=O)N[C@](C)(c2ccc(Cl)cc2Cl)C1=O. The molecule has 1 aliphatic heterocycles. The number of aryl methyl sites for hydroxylation is 1. The molecule has 1 fully saturated rings. The molecule has 2 aromatic carbocycles. The Morgan fingerprint density at radius 1 is 1.15 bits per heavy atom. The van der Waals surface area contributed by atoms with Crippen molar-refractivity contribution in [2.45, 2.75) is 19.4 Å². The minimum absolute atomic E-state index is 0.139. The van der Waals surface area contributed by atoms with Crippen LogP contribution >= 0.6 is 23.2 Å². The van der Waals surface area contributed by atoms with Gasteiger partial charge in [-0.2, -0.15) is 0 Å². The topological polar surface area (TPSA) is 58.6 Å². The Balaban J connectivity index is 1.73. The molecule has 0 aliphatic carbocycles. The van der Waals surface area contributed by atoms with Crippen molar-refractivity contribution in [3.05, 3.63) is 63.6 Å². The van der Waals surface area contributed by atoms with Crippen molar-refractivity contribution < 1.29 is 14.3 Å². The van der Waals surface area contributed by atoms with Crippen molar-refractivity contribution in [2.24, 2.45) is 0 Å². The summed E-state index contributed by atoms with van der Waals surface area (Å²) in [6.07, 6.45) is 0. The number of imide groups is 1. The van der Waals surface area contributed by atoms with E-state index in [4.69, 9.17) is 27.9 Å². The van der Waals surface area contributed by atoms with Crippen LogP contribution in [0.5, 0.6) is 5.75 Å². The van der Waals surface area contributed by atoms with E-state index >= 15 is 0 Å². The van der Waals surface area contributed by atoms with Crippen LogP contribution in [0.4, 0.5) is 4.79 Å². The van der Waals surface area contributed by atoms with Gasteiger partial charge in [-0.3, -0.25) is 9.69 Å². The second-order valence-electron chi connectivity index (χ2n) is 6.25. The molecule has 1 N–H and O–H groups in total. The highest BCUT2D eigenvalue weighted by molar-refractivity contribution is 6.35. The second kappa shape index (κ2) is 7.17. The van der Waals surface area contributed by atoms with Gasteiger partial charge >= 0.3 is 6.03 Å². The number of hydrogen-bond donors (Lipinski definition) is 1. The van der Waals surface area contributed by atoms with Gasteiger partial charge in [0, 0.05) is 15.6 Å². The monoisotopic (exact) mass is 392 g/mol. The summed E-state index contributed by atoms with van der Waals surface area (Å²) in [4.78, 5) is 26.4. The fourth-order valence-corrected chi connectivity index (χ4v) is 3.54. The molecule has 136 valence electrons. The van der Waals surface area contributed by atoms with Crippen LogP contribution in [-0.2, 0) is 10.3 Å². The highest BCUT2D eigenvalue weighted by atomic mass is 35.5. The summed E-state index contributed by atoms with van der Waals surface area (Å²) in [6.45, 7) is 3.90. The summed E-state index contributed by atoms with van der Waals surface area (Å²) in [6, 6.07) is 11.9.